The number of aryl methyl sites for hydroxylation is 1. The van der Waals surface area contributed by atoms with Gasteiger partial charge in [0.1, 0.15) is 17.5 Å². The van der Waals surface area contributed by atoms with E-state index in [1.54, 1.807) is 7.05 Å². The first-order valence-corrected chi connectivity index (χ1v) is 5.98. The molecule has 1 atom stereocenters. The summed E-state index contributed by atoms with van der Waals surface area (Å²) in [5.41, 5.74) is 1.05. The molecule has 1 N–H and O–H groups in total. The average Bonchev–Trinajstić information content (AvgIpc) is 2.81. The zero-order valence-corrected chi connectivity index (χ0v) is 11.2. The van der Waals surface area contributed by atoms with Crippen molar-refractivity contribution in [3.8, 4) is 6.07 Å². The lowest BCUT2D eigenvalue weighted by Gasteiger charge is -2.15. The Kier molecular flexibility index (Phi) is 4.13. The van der Waals surface area contributed by atoms with Gasteiger partial charge in [0.15, 0.2) is 6.10 Å². The lowest BCUT2D eigenvalue weighted by atomic mass is 10.1. The smallest absolute Gasteiger partial charge is 0.259 e. The average molecular weight is 270 g/mol. The lowest BCUT2D eigenvalue weighted by Crippen LogP contribution is -2.24. The summed E-state index contributed by atoms with van der Waals surface area (Å²) in [4.78, 5) is 12.3. The second kappa shape index (κ2) is 5.99. The molecule has 102 valence electrons. The molecule has 6 nitrogen and oxygen atoms in total. The monoisotopic (exact) mass is 270 g/mol. The number of amides is 1. The summed E-state index contributed by atoms with van der Waals surface area (Å²) >= 11 is 0. The molecule has 0 aliphatic carbocycles. The Hall–Kier alpha value is -2.65. The molecule has 0 aliphatic heterocycles. The third-order valence-electron chi connectivity index (χ3n) is 2.88. The predicted molar refractivity (Wildman–Crippen MR) is 72.7 cm³/mol. The minimum atomic E-state index is -0.738. The fraction of sp³-hybridized carbons (Fsp3) is 0.214. The van der Waals surface area contributed by atoms with Crippen LogP contribution >= 0.6 is 0 Å². The van der Waals surface area contributed by atoms with Crippen molar-refractivity contribution >= 4 is 11.7 Å². The number of anilines is 1. The summed E-state index contributed by atoms with van der Waals surface area (Å²) < 4.78 is 6.67. The van der Waals surface area contributed by atoms with E-state index < -0.39 is 6.10 Å². The van der Waals surface area contributed by atoms with Gasteiger partial charge in [-0.3, -0.25) is 9.48 Å². The zero-order chi connectivity index (χ0) is 14.5. The molecule has 0 fully saturated rings. The third-order valence-corrected chi connectivity index (χ3v) is 2.88. The molecule has 2 rings (SSSR count). The van der Waals surface area contributed by atoms with Gasteiger partial charge in [0.25, 0.3) is 5.91 Å². The Balaban J connectivity index is 2.23. The number of carbonyl (C=O) groups is 1. The molecule has 6 heteroatoms. The number of aromatic nitrogens is 2. The normalized spacial score (nSPS) is 11.7. The molecule has 1 unspecified atom stereocenters. The minimum Gasteiger partial charge on any atom is -0.367 e. The van der Waals surface area contributed by atoms with Crippen molar-refractivity contribution in [1.82, 2.24) is 9.78 Å². The van der Waals surface area contributed by atoms with Gasteiger partial charge in [-0.25, -0.2) is 0 Å². The van der Waals surface area contributed by atoms with Gasteiger partial charge >= 0.3 is 0 Å². The van der Waals surface area contributed by atoms with Crippen LogP contribution in [-0.2, 0) is 16.6 Å². The van der Waals surface area contributed by atoms with E-state index in [1.807, 2.05) is 36.4 Å². The van der Waals surface area contributed by atoms with Gasteiger partial charge in [-0.15, -0.1) is 0 Å². The topological polar surface area (TPSA) is 79.9 Å². The molecular weight excluding hydrogens is 256 g/mol. The van der Waals surface area contributed by atoms with E-state index in [4.69, 9.17) is 10.00 Å². The van der Waals surface area contributed by atoms with Crippen LogP contribution < -0.4 is 5.32 Å². The molecule has 20 heavy (non-hydrogen) atoms. The molecule has 0 aliphatic rings. The van der Waals surface area contributed by atoms with Crippen LogP contribution in [0.3, 0.4) is 0 Å². The van der Waals surface area contributed by atoms with Crippen LogP contribution in [0.2, 0.25) is 0 Å². The Bertz CT molecular complexity index is 643. The van der Waals surface area contributed by atoms with Gasteiger partial charge in [0.05, 0.1) is 6.20 Å². The third kappa shape index (κ3) is 2.68. The fourth-order valence-electron chi connectivity index (χ4n) is 1.87. The summed E-state index contributed by atoms with van der Waals surface area (Å²) in [7, 11) is 3.12. The molecule has 0 saturated carbocycles. The van der Waals surface area contributed by atoms with Crippen LogP contribution in [0.25, 0.3) is 0 Å². The fourth-order valence-corrected chi connectivity index (χ4v) is 1.87. The van der Waals surface area contributed by atoms with E-state index in [0.717, 1.165) is 5.56 Å². The number of methoxy groups -OCH3 is 1. The number of hydrogen-bond acceptors (Lipinski definition) is 4. The number of ether oxygens (including phenoxy) is 1. The van der Waals surface area contributed by atoms with E-state index in [0.29, 0.717) is 11.4 Å². The molecule has 1 amide bonds. The van der Waals surface area contributed by atoms with Crippen molar-refractivity contribution in [3.63, 3.8) is 0 Å². The van der Waals surface area contributed by atoms with Crippen LogP contribution in [0, 0.1) is 11.3 Å². The summed E-state index contributed by atoms with van der Waals surface area (Å²) in [6, 6.07) is 11.1. The van der Waals surface area contributed by atoms with Crippen molar-refractivity contribution < 1.29 is 9.53 Å². The number of nitrogens with one attached hydrogen (secondary N) is 1. The van der Waals surface area contributed by atoms with Crippen molar-refractivity contribution in [2.24, 2.45) is 7.05 Å². The van der Waals surface area contributed by atoms with Crippen LogP contribution in [0.5, 0.6) is 0 Å². The Morgan fingerprint density at radius 1 is 1.45 bits per heavy atom. The largest absolute Gasteiger partial charge is 0.367 e. The maximum atomic E-state index is 12.3. The summed E-state index contributed by atoms with van der Waals surface area (Å²) in [5.74, 6) is 0.00859. The predicted octanol–water partition coefficient (Wildman–Crippen LogP) is 1.62. The maximum absolute atomic E-state index is 12.3. The van der Waals surface area contributed by atoms with Crippen LogP contribution in [0.4, 0.5) is 5.82 Å². The Labute approximate surface area is 116 Å². The first kappa shape index (κ1) is 13.8. The highest BCUT2D eigenvalue weighted by molar-refractivity contribution is 5.95. The van der Waals surface area contributed by atoms with Gasteiger partial charge in [0.2, 0.25) is 0 Å². The van der Waals surface area contributed by atoms with Crippen molar-refractivity contribution in [2.45, 2.75) is 6.10 Å². The summed E-state index contributed by atoms with van der Waals surface area (Å²) in [6.45, 7) is 0. The van der Waals surface area contributed by atoms with Gasteiger partial charge in [-0.05, 0) is 5.56 Å². The Morgan fingerprint density at radius 3 is 2.75 bits per heavy atom. The quantitative estimate of drug-likeness (QED) is 0.915. The number of carbonyl (C=O) groups excluding carboxylic acids is 1. The molecule has 0 bridgehead atoms. The van der Waals surface area contributed by atoms with Gasteiger partial charge < -0.3 is 10.1 Å². The van der Waals surface area contributed by atoms with Gasteiger partial charge in [-0.1, -0.05) is 30.3 Å². The van der Waals surface area contributed by atoms with Crippen molar-refractivity contribution in [3.05, 3.63) is 47.7 Å². The highest BCUT2D eigenvalue weighted by Gasteiger charge is 2.22. The highest BCUT2D eigenvalue weighted by Crippen LogP contribution is 2.20. The molecule has 2 aromatic rings. The van der Waals surface area contributed by atoms with Gasteiger partial charge in [-0.2, -0.15) is 10.4 Å². The molecule has 0 spiro atoms. The number of hydrogen-bond donors (Lipinski definition) is 1. The van der Waals surface area contributed by atoms with E-state index in [1.165, 1.54) is 18.0 Å². The van der Waals surface area contributed by atoms with E-state index in [2.05, 4.69) is 10.4 Å². The Morgan fingerprint density at radius 2 is 2.15 bits per heavy atom. The van der Waals surface area contributed by atoms with Crippen LogP contribution in [0.1, 0.15) is 17.2 Å². The molecule has 1 aromatic heterocycles. The van der Waals surface area contributed by atoms with Crippen molar-refractivity contribution in [1.29, 1.82) is 5.26 Å². The molecular formula is C14H14N4O2. The summed E-state index contributed by atoms with van der Waals surface area (Å²) in [5, 5.41) is 15.6. The molecule has 1 heterocycles. The van der Waals surface area contributed by atoms with E-state index in [9.17, 15) is 4.79 Å². The van der Waals surface area contributed by atoms with Gasteiger partial charge in [0, 0.05) is 14.2 Å². The second-order valence-corrected chi connectivity index (χ2v) is 4.16. The van der Waals surface area contributed by atoms with Crippen LogP contribution in [-0.4, -0.2) is 22.8 Å². The lowest BCUT2D eigenvalue weighted by molar-refractivity contribution is -0.126. The molecule has 0 radical (unpaired) electrons. The summed E-state index contributed by atoms with van der Waals surface area (Å²) in [6.07, 6.45) is 0.664. The highest BCUT2D eigenvalue weighted by atomic mass is 16.5. The number of nitrogens with zero attached hydrogens (tertiary/aromatic N) is 3. The molecule has 1 aromatic carbocycles. The maximum Gasteiger partial charge on any atom is 0.259 e. The first-order valence-electron chi connectivity index (χ1n) is 5.98. The number of nitriles is 1. The number of benzene rings is 1. The van der Waals surface area contributed by atoms with E-state index >= 15 is 0 Å². The molecule has 0 saturated heterocycles. The standard InChI is InChI=1S/C14H14N4O2/c1-18-13(11(8-15)9-16-18)17-14(19)12(20-2)10-6-4-3-5-7-10/h3-7,9,12H,1-2H3,(H,17,19). The zero-order valence-electron chi connectivity index (χ0n) is 11.2. The number of rotatable bonds is 4. The first-order chi connectivity index (χ1) is 9.67. The SMILES string of the molecule is COC(C(=O)Nc1c(C#N)cnn1C)c1ccccc1. The van der Waals surface area contributed by atoms with E-state index in [-0.39, 0.29) is 5.91 Å². The van der Waals surface area contributed by atoms with Crippen LogP contribution in [0.15, 0.2) is 36.5 Å². The second-order valence-electron chi connectivity index (χ2n) is 4.16. The van der Waals surface area contributed by atoms with Crippen molar-refractivity contribution in [2.75, 3.05) is 12.4 Å². The minimum absolute atomic E-state index is 0.309.